The van der Waals surface area contributed by atoms with Crippen LogP contribution in [-0.4, -0.2) is 23.3 Å². The van der Waals surface area contributed by atoms with Gasteiger partial charge >= 0.3 is 5.97 Å². The molecule has 0 aromatic heterocycles. The van der Waals surface area contributed by atoms with Gasteiger partial charge in [0, 0.05) is 17.7 Å². The third-order valence-corrected chi connectivity index (χ3v) is 5.38. The van der Waals surface area contributed by atoms with E-state index in [1.165, 1.54) is 24.3 Å². The number of aryl methyl sites for hydroxylation is 1. The highest BCUT2D eigenvalue weighted by Gasteiger charge is 2.13. The molecular formula is C29H23NO7. The van der Waals surface area contributed by atoms with Crippen LogP contribution in [0.4, 0.5) is 5.69 Å². The molecule has 0 aliphatic heterocycles. The Kier molecular flexibility index (Phi) is 7.90. The number of ketones is 1. The first-order valence-corrected chi connectivity index (χ1v) is 11.4. The molecule has 4 aromatic carbocycles. The van der Waals surface area contributed by atoms with Crippen molar-refractivity contribution in [3.05, 3.63) is 129 Å². The van der Waals surface area contributed by atoms with E-state index in [9.17, 15) is 19.7 Å². The van der Waals surface area contributed by atoms with Gasteiger partial charge in [0.15, 0.2) is 12.4 Å². The van der Waals surface area contributed by atoms with Crippen LogP contribution in [0.1, 0.15) is 31.8 Å². The lowest BCUT2D eigenvalue weighted by atomic mass is 10.1. The number of carbonyl (C=O) groups excluding carboxylic acids is 2. The van der Waals surface area contributed by atoms with Crippen molar-refractivity contribution in [2.24, 2.45) is 0 Å². The molecule has 0 spiro atoms. The molecule has 0 aliphatic rings. The van der Waals surface area contributed by atoms with Crippen molar-refractivity contribution in [3.8, 4) is 17.2 Å². The number of esters is 1. The van der Waals surface area contributed by atoms with E-state index in [1.54, 1.807) is 48.5 Å². The van der Waals surface area contributed by atoms with Gasteiger partial charge in [-0.05, 0) is 78.7 Å². The highest BCUT2D eigenvalue weighted by molar-refractivity contribution is 5.99. The van der Waals surface area contributed by atoms with Gasteiger partial charge in [-0.15, -0.1) is 0 Å². The van der Waals surface area contributed by atoms with Crippen molar-refractivity contribution >= 4 is 17.4 Å². The van der Waals surface area contributed by atoms with Crippen LogP contribution in [0.5, 0.6) is 17.2 Å². The topological polar surface area (TPSA) is 105 Å². The molecule has 0 atom stereocenters. The average molecular weight is 498 g/mol. The van der Waals surface area contributed by atoms with Crippen molar-refractivity contribution in [1.82, 2.24) is 0 Å². The lowest BCUT2D eigenvalue weighted by Gasteiger charge is -2.09. The van der Waals surface area contributed by atoms with Gasteiger partial charge in [0.1, 0.15) is 23.9 Å². The molecule has 0 aliphatic carbocycles. The molecule has 0 amide bonds. The highest BCUT2D eigenvalue weighted by atomic mass is 16.6. The number of rotatable bonds is 10. The minimum absolute atomic E-state index is 0.0362. The summed E-state index contributed by atoms with van der Waals surface area (Å²) in [6.45, 7) is 1.95. The summed E-state index contributed by atoms with van der Waals surface area (Å²) in [5.74, 6) is 0.684. The predicted molar refractivity (Wildman–Crippen MR) is 136 cm³/mol. The minimum atomic E-state index is -0.599. The molecular weight excluding hydrogens is 474 g/mol. The smallest absolute Gasteiger partial charge is 0.338 e. The summed E-state index contributed by atoms with van der Waals surface area (Å²) >= 11 is 0. The third-order valence-electron chi connectivity index (χ3n) is 5.38. The van der Waals surface area contributed by atoms with Crippen LogP contribution in [0.3, 0.4) is 0 Å². The Morgan fingerprint density at radius 3 is 2.03 bits per heavy atom. The summed E-state index contributed by atoms with van der Waals surface area (Å²) in [5.41, 5.74) is 2.65. The zero-order chi connectivity index (χ0) is 26.2. The third kappa shape index (κ3) is 7.02. The Hall–Kier alpha value is -4.98. The minimum Gasteiger partial charge on any atom is -0.489 e. The van der Waals surface area contributed by atoms with Gasteiger partial charge in [-0.2, -0.15) is 0 Å². The number of Topliss-reactive ketones (excluding diaryl/α,β-unsaturated/α-hetero) is 1. The van der Waals surface area contributed by atoms with Crippen molar-refractivity contribution < 1.29 is 28.7 Å². The summed E-state index contributed by atoms with van der Waals surface area (Å²) in [7, 11) is 0. The number of non-ortho nitro benzene ring substituents is 1. The molecule has 8 heteroatoms. The maximum absolute atomic E-state index is 12.5. The number of nitro benzene ring substituents is 1. The first-order chi connectivity index (χ1) is 17.9. The van der Waals surface area contributed by atoms with E-state index in [4.69, 9.17) is 14.2 Å². The Morgan fingerprint density at radius 1 is 0.784 bits per heavy atom. The molecule has 0 fully saturated rings. The molecule has 0 heterocycles. The maximum atomic E-state index is 12.5. The van der Waals surface area contributed by atoms with Crippen LogP contribution in [0.15, 0.2) is 97.1 Å². The second-order valence-corrected chi connectivity index (χ2v) is 8.18. The van der Waals surface area contributed by atoms with Gasteiger partial charge < -0.3 is 14.2 Å². The standard InChI is InChI=1S/C29H23NO7/c1-20-3-2-4-27(17-20)35-18-21-5-7-23(8-6-21)29(32)36-19-28(31)22-9-13-25(14-10-22)37-26-15-11-24(12-16-26)30(33)34/h2-17H,18-19H2,1H3. The van der Waals surface area contributed by atoms with E-state index in [0.717, 1.165) is 16.9 Å². The highest BCUT2D eigenvalue weighted by Crippen LogP contribution is 2.24. The Labute approximate surface area is 213 Å². The molecule has 4 aromatic rings. The second kappa shape index (κ2) is 11.6. The zero-order valence-corrected chi connectivity index (χ0v) is 20.0. The van der Waals surface area contributed by atoms with Gasteiger partial charge in [-0.1, -0.05) is 24.3 Å². The number of hydrogen-bond donors (Lipinski definition) is 0. The number of nitro groups is 1. The molecule has 8 nitrogen and oxygen atoms in total. The second-order valence-electron chi connectivity index (χ2n) is 8.18. The molecule has 0 unspecified atom stereocenters. The summed E-state index contributed by atoms with van der Waals surface area (Å²) < 4.78 is 16.6. The number of nitrogens with zero attached hydrogens (tertiary/aromatic N) is 1. The number of carbonyl (C=O) groups is 2. The van der Waals surface area contributed by atoms with E-state index in [0.29, 0.717) is 29.2 Å². The average Bonchev–Trinajstić information content (AvgIpc) is 2.91. The van der Waals surface area contributed by atoms with E-state index in [2.05, 4.69) is 0 Å². The SMILES string of the molecule is Cc1cccc(OCc2ccc(C(=O)OCC(=O)c3ccc(Oc4ccc([N+](=O)[O-])cc4)cc3)cc2)c1. The molecule has 0 N–H and O–H groups in total. The monoisotopic (exact) mass is 497 g/mol. The molecule has 37 heavy (non-hydrogen) atoms. The molecule has 4 rings (SSSR count). The quantitative estimate of drug-likeness (QED) is 0.109. The maximum Gasteiger partial charge on any atom is 0.338 e. The lowest BCUT2D eigenvalue weighted by Crippen LogP contribution is -2.14. The van der Waals surface area contributed by atoms with Crippen molar-refractivity contribution in [1.29, 1.82) is 0 Å². The first kappa shape index (κ1) is 25.1. The van der Waals surface area contributed by atoms with Crippen molar-refractivity contribution in [2.75, 3.05) is 6.61 Å². The molecule has 0 radical (unpaired) electrons. The normalized spacial score (nSPS) is 10.4. The Balaban J connectivity index is 1.25. The van der Waals surface area contributed by atoms with E-state index < -0.39 is 17.5 Å². The van der Waals surface area contributed by atoms with Crippen molar-refractivity contribution in [3.63, 3.8) is 0 Å². The number of hydrogen-bond acceptors (Lipinski definition) is 7. The molecule has 0 saturated carbocycles. The number of ether oxygens (including phenoxy) is 3. The van der Waals surface area contributed by atoms with Crippen LogP contribution < -0.4 is 9.47 Å². The predicted octanol–water partition coefficient (Wildman–Crippen LogP) is 6.31. The molecule has 0 saturated heterocycles. The molecule has 186 valence electrons. The lowest BCUT2D eigenvalue weighted by molar-refractivity contribution is -0.384. The van der Waals surface area contributed by atoms with Crippen LogP contribution in [0.25, 0.3) is 0 Å². The van der Waals surface area contributed by atoms with Crippen LogP contribution >= 0.6 is 0 Å². The largest absolute Gasteiger partial charge is 0.489 e. The number of benzene rings is 4. The van der Waals surface area contributed by atoms with Gasteiger partial charge in [0.2, 0.25) is 0 Å². The first-order valence-electron chi connectivity index (χ1n) is 11.4. The fraction of sp³-hybridized carbons (Fsp3) is 0.103. The summed E-state index contributed by atoms with van der Waals surface area (Å²) in [6.07, 6.45) is 0. The Bertz CT molecular complexity index is 1400. The van der Waals surface area contributed by atoms with Crippen molar-refractivity contribution in [2.45, 2.75) is 13.5 Å². The van der Waals surface area contributed by atoms with Crippen LogP contribution in [0.2, 0.25) is 0 Å². The van der Waals surface area contributed by atoms with E-state index in [1.807, 2.05) is 31.2 Å². The summed E-state index contributed by atoms with van der Waals surface area (Å²) in [6, 6.07) is 26.5. The zero-order valence-electron chi connectivity index (χ0n) is 20.0. The van der Waals surface area contributed by atoms with Gasteiger partial charge in [0.25, 0.3) is 5.69 Å². The fourth-order valence-electron chi connectivity index (χ4n) is 3.39. The van der Waals surface area contributed by atoms with Gasteiger partial charge in [0.05, 0.1) is 10.5 Å². The van der Waals surface area contributed by atoms with Crippen LogP contribution in [0, 0.1) is 17.0 Å². The fourth-order valence-corrected chi connectivity index (χ4v) is 3.39. The molecule has 0 bridgehead atoms. The van der Waals surface area contributed by atoms with Crippen LogP contribution in [-0.2, 0) is 11.3 Å². The van der Waals surface area contributed by atoms with E-state index >= 15 is 0 Å². The summed E-state index contributed by atoms with van der Waals surface area (Å²) in [5, 5.41) is 10.7. The van der Waals surface area contributed by atoms with Gasteiger partial charge in [-0.3, -0.25) is 14.9 Å². The van der Waals surface area contributed by atoms with E-state index in [-0.39, 0.29) is 11.5 Å². The Morgan fingerprint density at radius 2 is 1.41 bits per heavy atom. The summed E-state index contributed by atoms with van der Waals surface area (Å²) in [4.78, 5) is 35.1. The van der Waals surface area contributed by atoms with Gasteiger partial charge in [-0.25, -0.2) is 4.79 Å².